The fourth-order valence-corrected chi connectivity index (χ4v) is 0.695. The van der Waals surface area contributed by atoms with Gasteiger partial charge in [0.1, 0.15) is 0 Å². The molecule has 0 aromatic carbocycles. The molecule has 0 aliphatic rings. The lowest BCUT2D eigenvalue weighted by molar-refractivity contribution is -0.299. The molecule has 0 aliphatic carbocycles. The molecule has 74 valence electrons. The molecule has 0 aromatic heterocycles. The van der Waals surface area contributed by atoms with Gasteiger partial charge in [0.15, 0.2) is 0 Å². The van der Waals surface area contributed by atoms with Crippen LogP contribution < -0.4 is 10.4 Å². The van der Waals surface area contributed by atoms with E-state index in [1.807, 2.05) is 6.92 Å². The van der Waals surface area contributed by atoms with E-state index < -0.39 is 5.97 Å². The van der Waals surface area contributed by atoms with Crippen LogP contribution >= 0.6 is 0 Å². The zero-order chi connectivity index (χ0) is 10.3. The lowest BCUT2D eigenvalue weighted by Gasteiger charge is -2.02. The minimum Gasteiger partial charge on any atom is -0.545 e. The third kappa shape index (κ3) is 5.90. The fraction of sp³-hybridized carbons (Fsp3) is 0.556. The van der Waals surface area contributed by atoms with Crippen molar-refractivity contribution >= 4 is 11.9 Å². The molecular weight excluding hydrogens is 170 g/mol. The number of nitrogens with one attached hydrogen (secondary N) is 1. The van der Waals surface area contributed by atoms with Gasteiger partial charge in [0.2, 0.25) is 5.91 Å². The summed E-state index contributed by atoms with van der Waals surface area (Å²) in [5, 5.41) is 12.8. The Balaban J connectivity index is 3.86. The zero-order valence-corrected chi connectivity index (χ0v) is 7.92. The van der Waals surface area contributed by atoms with Crippen molar-refractivity contribution in [2.75, 3.05) is 6.54 Å². The summed E-state index contributed by atoms with van der Waals surface area (Å²) in [5.41, 5.74) is -0.0611. The number of carboxylic acids is 1. The molecule has 0 radical (unpaired) electrons. The standard InChI is InChI=1S/C9H15NO3/c1-3-4-5-10-8(11)6-7(2)9(12)13/h6H,3-5H2,1-2H3,(H,10,11)(H,12,13)/p-1/b7-6+. The lowest BCUT2D eigenvalue weighted by atomic mass is 10.3. The van der Waals surface area contributed by atoms with E-state index in [1.165, 1.54) is 6.92 Å². The predicted octanol–water partition coefficient (Wildman–Crippen LogP) is -0.401. The average Bonchev–Trinajstić information content (AvgIpc) is 2.04. The zero-order valence-electron chi connectivity index (χ0n) is 7.92. The molecule has 0 spiro atoms. The summed E-state index contributed by atoms with van der Waals surface area (Å²) >= 11 is 0. The smallest absolute Gasteiger partial charge is 0.244 e. The fourth-order valence-electron chi connectivity index (χ4n) is 0.695. The summed E-state index contributed by atoms with van der Waals surface area (Å²) in [4.78, 5) is 21.2. The molecule has 0 saturated heterocycles. The van der Waals surface area contributed by atoms with Crippen molar-refractivity contribution < 1.29 is 14.7 Å². The van der Waals surface area contributed by atoms with Gasteiger partial charge in [-0.3, -0.25) is 4.79 Å². The van der Waals surface area contributed by atoms with Crippen LogP contribution in [0.4, 0.5) is 0 Å². The molecule has 1 N–H and O–H groups in total. The Morgan fingerprint density at radius 2 is 2.08 bits per heavy atom. The van der Waals surface area contributed by atoms with Crippen LogP contribution in [-0.2, 0) is 9.59 Å². The van der Waals surface area contributed by atoms with Crippen molar-refractivity contribution in [2.24, 2.45) is 0 Å². The molecule has 0 saturated carbocycles. The van der Waals surface area contributed by atoms with Crippen LogP contribution in [0.25, 0.3) is 0 Å². The van der Waals surface area contributed by atoms with Gasteiger partial charge >= 0.3 is 0 Å². The van der Waals surface area contributed by atoms with Crippen molar-refractivity contribution in [3.8, 4) is 0 Å². The maximum absolute atomic E-state index is 11.0. The van der Waals surface area contributed by atoms with E-state index >= 15 is 0 Å². The number of carboxylic acid groups (broad SMARTS) is 1. The van der Waals surface area contributed by atoms with E-state index in [0.717, 1.165) is 18.9 Å². The van der Waals surface area contributed by atoms with Crippen LogP contribution in [-0.4, -0.2) is 18.4 Å². The Morgan fingerprint density at radius 3 is 2.54 bits per heavy atom. The van der Waals surface area contributed by atoms with Gasteiger partial charge in [-0.15, -0.1) is 0 Å². The summed E-state index contributed by atoms with van der Waals surface area (Å²) in [6, 6.07) is 0. The highest BCUT2D eigenvalue weighted by molar-refractivity contribution is 5.96. The molecule has 0 atom stereocenters. The SMILES string of the molecule is CCCCNC(=O)/C=C(\C)C(=O)[O-]. The first kappa shape index (κ1) is 11.7. The van der Waals surface area contributed by atoms with Gasteiger partial charge in [0, 0.05) is 12.6 Å². The highest BCUT2D eigenvalue weighted by Gasteiger charge is 1.96. The Kier molecular flexibility index (Phi) is 5.59. The Hall–Kier alpha value is -1.32. The van der Waals surface area contributed by atoms with Gasteiger partial charge in [-0.25, -0.2) is 0 Å². The van der Waals surface area contributed by atoms with Gasteiger partial charge in [-0.1, -0.05) is 13.3 Å². The van der Waals surface area contributed by atoms with E-state index in [-0.39, 0.29) is 11.5 Å². The Morgan fingerprint density at radius 1 is 1.46 bits per heavy atom. The van der Waals surface area contributed by atoms with Crippen LogP contribution in [0.3, 0.4) is 0 Å². The quantitative estimate of drug-likeness (QED) is 0.467. The molecule has 0 rings (SSSR count). The summed E-state index contributed by atoms with van der Waals surface area (Å²) in [6.07, 6.45) is 2.92. The molecule has 0 aliphatic heterocycles. The summed E-state index contributed by atoms with van der Waals surface area (Å²) < 4.78 is 0. The molecule has 0 aromatic rings. The highest BCUT2D eigenvalue weighted by atomic mass is 16.4. The van der Waals surface area contributed by atoms with Crippen LogP contribution in [0.1, 0.15) is 26.7 Å². The topological polar surface area (TPSA) is 69.2 Å². The third-order valence-corrected chi connectivity index (χ3v) is 1.50. The van der Waals surface area contributed by atoms with E-state index in [9.17, 15) is 14.7 Å². The maximum Gasteiger partial charge on any atom is 0.244 e. The van der Waals surface area contributed by atoms with Gasteiger partial charge in [-0.05, 0) is 18.9 Å². The van der Waals surface area contributed by atoms with Gasteiger partial charge in [0.25, 0.3) is 0 Å². The van der Waals surface area contributed by atoms with Gasteiger partial charge < -0.3 is 15.2 Å². The van der Waals surface area contributed by atoms with E-state index in [2.05, 4.69) is 5.32 Å². The number of aliphatic carboxylic acids is 1. The van der Waals surface area contributed by atoms with Gasteiger partial charge in [0.05, 0.1) is 5.97 Å². The monoisotopic (exact) mass is 184 g/mol. The summed E-state index contributed by atoms with van der Waals surface area (Å²) in [6.45, 7) is 3.91. The molecule has 4 heteroatoms. The first-order chi connectivity index (χ1) is 6.07. The van der Waals surface area contributed by atoms with Crippen molar-refractivity contribution in [2.45, 2.75) is 26.7 Å². The number of carbonyl (C=O) groups is 2. The lowest BCUT2D eigenvalue weighted by Crippen LogP contribution is -2.27. The second kappa shape index (κ2) is 6.22. The normalized spacial score (nSPS) is 11.1. The van der Waals surface area contributed by atoms with E-state index in [4.69, 9.17) is 0 Å². The molecular formula is C9H14NO3-. The first-order valence-corrected chi connectivity index (χ1v) is 4.25. The Labute approximate surface area is 77.6 Å². The molecule has 0 fully saturated rings. The molecule has 13 heavy (non-hydrogen) atoms. The molecule has 1 amide bonds. The average molecular weight is 184 g/mol. The second-order valence-corrected chi connectivity index (χ2v) is 2.76. The van der Waals surface area contributed by atoms with Crippen LogP contribution in [0.2, 0.25) is 0 Å². The van der Waals surface area contributed by atoms with Crippen LogP contribution in [0.5, 0.6) is 0 Å². The van der Waals surface area contributed by atoms with E-state index in [1.54, 1.807) is 0 Å². The maximum atomic E-state index is 11.0. The van der Waals surface area contributed by atoms with E-state index in [0.29, 0.717) is 6.54 Å². The molecule has 0 bridgehead atoms. The molecule has 0 unspecified atom stereocenters. The van der Waals surface area contributed by atoms with Gasteiger partial charge in [-0.2, -0.15) is 0 Å². The first-order valence-electron chi connectivity index (χ1n) is 4.25. The Bertz CT molecular complexity index is 221. The molecule has 0 heterocycles. The largest absolute Gasteiger partial charge is 0.545 e. The highest BCUT2D eigenvalue weighted by Crippen LogP contribution is 1.89. The van der Waals surface area contributed by atoms with Crippen molar-refractivity contribution in [3.05, 3.63) is 11.6 Å². The number of hydrogen-bond donors (Lipinski definition) is 1. The predicted molar refractivity (Wildman–Crippen MR) is 46.7 cm³/mol. The summed E-state index contributed by atoms with van der Waals surface area (Å²) in [7, 11) is 0. The van der Waals surface area contributed by atoms with Crippen molar-refractivity contribution in [3.63, 3.8) is 0 Å². The van der Waals surface area contributed by atoms with Crippen molar-refractivity contribution in [1.29, 1.82) is 0 Å². The minimum absolute atomic E-state index is 0.0611. The number of rotatable bonds is 5. The molecule has 4 nitrogen and oxygen atoms in total. The van der Waals surface area contributed by atoms with Crippen LogP contribution in [0.15, 0.2) is 11.6 Å². The summed E-state index contributed by atoms with van der Waals surface area (Å²) in [5.74, 6) is -1.69. The number of unbranched alkanes of at least 4 members (excludes halogenated alkanes) is 1. The number of carbonyl (C=O) groups excluding carboxylic acids is 2. The third-order valence-electron chi connectivity index (χ3n) is 1.50. The number of hydrogen-bond acceptors (Lipinski definition) is 3. The van der Waals surface area contributed by atoms with Crippen LogP contribution in [0, 0.1) is 0 Å². The van der Waals surface area contributed by atoms with Crippen molar-refractivity contribution in [1.82, 2.24) is 5.32 Å². The minimum atomic E-state index is -1.31. The second-order valence-electron chi connectivity index (χ2n) is 2.76. The number of amides is 1.